The second kappa shape index (κ2) is 6.33. The summed E-state index contributed by atoms with van der Waals surface area (Å²) in [6.45, 7) is 0.834. The average molecular weight is 288 g/mol. The van der Waals surface area contributed by atoms with Gasteiger partial charge >= 0.3 is 0 Å². The first-order valence-corrected chi connectivity index (χ1v) is 8.07. The minimum absolute atomic E-state index is 0.371. The summed E-state index contributed by atoms with van der Waals surface area (Å²) in [7, 11) is 0. The van der Waals surface area contributed by atoms with Crippen molar-refractivity contribution in [3.63, 3.8) is 0 Å². The van der Waals surface area contributed by atoms with Crippen LogP contribution in [0.15, 0.2) is 35.3 Å². The SMILES string of the molecule is NC1CCC(N(Cc2cscn2)c2ccccn2)CC1. The minimum atomic E-state index is 0.371. The van der Waals surface area contributed by atoms with Crippen molar-refractivity contribution in [3.8, 4) is 0 Å². The molecule has 5 heteroatoms. The van der Waals surface area contributed by atoms with Crippen molar-refractivity contribution >= 4 is 17.2 Å². The van der Waals surface area contributed by atoms with Gasteiger partial charge in [0.15, 0.2) is 0 Å². The van der Waals surface area contributed by atoms with E-state index >= 15 is 0 Å². The summed E-state index contributed by atoms with van der Waals surface area (Å²) in [6, 6.07) is 6.98. The first kappa shape index (κ1) is 13.5. The van der Waals surface area contributed by atoms with E-state index in [0.717, 1.165) is 43.7 Å². The van der Waals surface area contributed by atoms with Crippen molar-refractivity contribution in [1.82, 2.24) is 9.97 Å². The Balaban J connectivity index is 1.80. The number of nitrogens with zero attached hydrogens (tertiary/aromatic N) is 3. The number of hydrogen-bond acceptors (Lipinski definition) is 5. The Bertz CT molecular complexity index is 506. The fourth-order valence-electron chi connectivity index (χ4n) is 2.82. The van der Waals surface area contributed by atoms with Crippen LogP contribution in [-0.4, -0.2) is 22.1 Å². The Labute approximate surface area is 123 Å². The summed E-state index contributed by atoms with van der Waals surface area (Å²) >= 11 is 1.65. The van der Waals surface area contributed by atoms with Crippen LogP contribution in [0.2, 0.25) is 0 Å². The van der Waals surface area contributed by atoms with Crippen molar-refractivity contribution in [2.45, 2.75) is 44.3 Å². The van der Waals surface area contributed by atoms with Gasteiger partial charge in [0.2, 0.25) is 0 Å². The third kappa shape index (κ3) is 3.16. The molecule has 0 aromatic carbocycles. The molecule has 0 radical (unpaired) electrons. The molecule has 1 aliphatic rings. The van der Waals surface area contributed by atoms with Crippen LogP contribution in [-0.2, 0) is 6.54 Å². The first-order chi connectivity index (χ1) is 9.83. The lowest BCUT2D eigenvalue weighted by atomic mass is 9.90. The van der Waals surface area contributed by atoms with Gasteiger partial charge in [-0.25, -0.2) is 9.97 Å². The van der Waals surface area contributed by atoms with Gasteiger partial charge < -0.3 is 10.6 Å². The van der Waals surface area contributed by atoms with Gasteiger partial charge in [-0.3, -0.25) is 0 Å². The van der Waals surface area contributed by atoms with Crippen LogP contribution >= 0.6 is 11.3 Å². The molecule has 4 nitrogen and oxygen atoms in total. The zero-order chi connectivity index (χ0) is 13.8. The number of pyridine rings is 1. The molecule has 0 amide bonds. The molecule has 2 N–H and O–H groups in total. The number of hydrogen-bond donors (Lipinski definition) is 1. The Morgan fingerprint density at radius 2 is 2.05 bits per heavy atom. The van der Waals surface area contributed by atoms with Gasteiger partial charge in [-0.1, -0.05) is 6.07 Å². The Hall–Kier alpha value is -1.46. The van der Waals surface area contributed by atoms with Crippen LogP contribution < -0.4 is 10.6 Å². The molecule has 1 fully saturated rings. The minimum Gasteiger partial charge on any atom is -0.348 e. The van der Waals surface area contributed by atoms with Crippen molar-refractivity contribution in [2.75, 3.05) is 4.90 Å². The quantitative estimate of drug-likeness (QED) is 0.940. The van der Waals surface area contributed by atoms with Crippen molar-refractivity contribution in [1.29, 1.82) is 0 Å². The molecule has 0 bridgehead atoms. The average Bonchev–Trinajstić information content (AvgIpc) is 3.00. The lowest BCUT2D eigenvalue weighted by Gasteiger charge is -2.36. The predicted molar refractivity (Wildman–Crippen MR) is 82.8 cm³/mol. The van der Waals surface area contributed by atoms with E-state index in [2.05, 4.69) is 26.3 Å². The van der Waals surface area contributed by atoms with Gasteiger partial charge in [-0.2, -0.15) is 0 Å². The molecule has 2 aromatic rings. The molecule has 0 spiro atoms. The molecule has 1 aliphatic carbocycles. The molecule has 0 aliphatic heterocycles. The highest BCUT2D eigenvalue weighted by atomic mass is 32.1. The second-order valence-electron chi connectivity index (χ2n) is 5.36. The third-order valence-electron chi connectivity index (χ3n) is 3.94. The summed E-state index contributed by atoms with van der Waals surface area (Å²) in [4.78, 5) is 11.3. The van der Waals surface area contributed by atoms with Crippen LogP contribution in [0.3, 0.4) is 0 Å². The highest BCUT2D eigenvalue weighted by Gasteiger charge is 2.25. The van der Waals surface area contributed by atoms with Gasteiger partial charge in [0, 0.05) is 23.7 Å². The van der Waals surface area contributed by atoms with E-state index in [1.807, 2.05) is 23.8 Å². The molecule has 2 heterocycles. The lowest BCUT2D eigenvalue weighted by molar-refractivity contribution is 0.372. The Morgan fingerprint density at radius 3 is 2.70 bits per heavy atom. The summed E-state index contributed by atoms with van der Waals surface area (Å²) < 4.78 is 0. The van der Waals surface area contributed by atoms with Gasteiger partial charge in [-0.05, 0) is 37.8 Å². The van der Waals surface area contributed by atoms with Crippen LogP contribution in [0.4, 0.5) is 5.82 Å². The fraction of sp³-hybridized carbons (Fsp3) is 0.467. The van der Waals surface area contributed by atoms with Gasteiger partial charge in [0.1, 0.15) is 5.82 Å². The van der Waals surface area contributed by atoms with Crippen molar-refractivity contribution < 1.29 is 0 Å². The van der Waals surface area contributed by atoms with Gasteiger partial charge in [-0.15, -0.1) is 11.3 Å². The molecule has 0 saturated heterocycles. The summed E-state index contributed by atoms with van der Waals surface area (Å²) in [5, 5.41) is 2.12. The van der Waals surface area contributed by atoms with E-state index in [9.17, 15) is 0 Å². The zero-order valence-corrected chi connectivity index (χ0v) is 12.3. The Morgan fingerprint density at radius 1 is 1.20 bits per heavy atom. The molecule has 0 atom stereocenters. The van der Waals surface area contributed by atoms with E-state index in [4.69, 9.17) is 5.73 Å². The maximum atomic E-state index is 6.03. The predicted octanol–water partition coefficient (Wildman–Crippen LogP) is 2.81. The van der Waals surface area contributed by atoms with Crippen molar-refractivity contribution in [3.05, 3.63) is 41.0 Å². The first-order valence-electron chi connectivity index (χ1n) is 7.13. The second-order valence-corrected chi connectivity index (χ2v) is 6.08. The van der Waals surface area contributed by atoms with Gasteiger partial charge in [0.25, 0.3) is 0 Å². The number of anilines is 1. The monoisotopic (exact) mass is 288 g/mol. The molecular weight excluding hydrogens is 268 g/mol. The fourth-order valence-corrected chi connectivity index (χ4v) is 3.37. The van der Waals surface area contributed by atoms with E-state index in [1.54, 1.807) is 11.3 Å². The van der Waals surface area contributed by atoms with E-state index in [0.29, 0.717) is 12.1 Å². The topological polar surface area (TPSA) is 55.0 Å². The van der Waals surface area contributed by atoms with Crippen LogP contribution in [0.25, 0.3) is 0 Å². The van der Waals surface area contributed by atoms with E-state index in [-0.39, 0.29) is 0 Å². The zero-order valence-electron chi connectivity index (χ0n) is 11.5. The largest absolute Gasteiger partial charge is 0.348 e. The molecule has 20 heavy (non-hydrogen) atoms. The summed E-state index contributed by atoms with van der Waals surface area (Å²) in [5.41, 5.74) is 9.04. The molecule has 2 aromatic heterocycles. The molecule has 1 saturated carbocycles. The Kier molecular flexibility index (Phi) is 4.28. The van der Waals surface area contributed by atoms with Crippen LogP contribution in [0.5, 0.6) is 0 Å². The summed E-state index contributed by atoms with van der Waals surface area (Å²) in [6.07, 6.45) is 6.35. The maximum absolute atomic E-state index is 6.03. The number of aromatic nitrogens is 2. The normalized spacial score (nSPS) is 22.6. The van der Waals surface area contributed by atoms with Gasteiger partial charge in [0.05, 0.1) is 17.7 Å². The molecule has 0 unspecified atom stereocenters. The van der Waals surface area contributed by atoms with E-state index < -0.39 is 0 Å². The molecule has 3 rings (SSSR count). The number of nitrogens with two attached hydrogens (primary N) is 1. The number of thiazole rings is 1. The highest BCUT2D eigenvalue weighted by molar-refractivity contribution is 7.07. The molecular formula is C15H20N4S. The lowest BCUT2D eigenvalue weighted by Crippen LogP contribution is -2.41. The summed E-state index contributed by atoms with van der Waals surface area (Å²) in [5.74, 6) is 1.04. The van der Waals surface area contributed by atoms with Crippen molar-refractivity contribution in [2.24, 2.45) is 5.73 Å². The highest BCUT2D eigenvalue weighted by Crippen LogP contribution is 2.27. The smallest absolute Gasteiger partial charge is 0.129 e. The number of rotatable bonds is 4. The van der Waals surface area contributed by atoms with E-state index in [1.165, 1.54) is 0 Å². The maximum Gasteiger partial charge on any atom is 0.129 e. The third-order valence-corrected chi connectivity index (χ3v) is 4.58. The molecule has 106 valence electrons. The van der Waals surface area contributed by atoms with Crippen LogP contribution in [0, 0.1) is 0 Å². The standard InChI is InChI=1S/C15H20N4S/c16-12-4-6-14(7-5-12)19(9-13-10-20-11-18-13)15-3-1-2-8-17-15/h1-3,8,10-12,14H,4-7,9,16H2. The van der Waals surface area contributed by atoms with Crippen LogP contribution in [0.1, 0.15) is 31.4 Å².